The Morgan fingerprint density at radius 2 is 2.12 bits per heavy atom. The Kier molecular flexibility index (Phi) is 3.87. The van der Waals surface area contributed by atoms with Crippen LogP contribution in [0.25, 0.3) is 0 Å². The molecule has 3 nitrogen and oxygen atoms in total. The summed E-state index contributed by atoms with van der Waals surface area (Å²) in [6.07, 6.45) is 6.66. The third-order valence-corrected chi connectivity index (χ3v) is 3.60. The minimum Gasteiger partial charge on any atom is -0.299 e. The lowest BCUT2D eigenvalue weighted by molar-refractivity contribution is 0.262. The fourth-order valence-corrected chi connectivity index (χ4v) is 2.61. The maximum Gasteiger partial charge on any atom is 0.0658 e. The predicted molar refractivity (Wildman–Crippen MR) is 71.1 cm³/mol. The molecule has 17 heavy (non-hydrogen) atoms. The summed E-state index contributed by atoms with van der Waals surface area (Å²) in [6, 6.07) is 1.24. The van der Waals surface area contributed by atoms with Crippen LogP contribution in [0.2, 0.25) is 0 Å². The van der Waals surface area contributed by atoms with Gasteiger partial charge in [0.1, 0.15) is 0 Å². The predicted octanol–water partition coefficient (Wildman–Crippen LogP) is 2.74. The van der Waals surface area contributed by atoms with Gasteiger partial charge in [-0.1, -0.05) is 13.8 Å². The highest BCUT2D eigenvalue weighted by atomic mass is 15.3. The number of hydrogen-bond donors (Lipinski definition) is 0. The minimum absolute atomic E-state index is 0.582. The highest BCUT2D eigenvalue weighted by molar-refractivity contribution is 5.05. The van der Waals surface area contributed by atoms with Crippen LogP contribution < -0.4 is 0 Å². The minimum atomic E-state index is 0.582. The third kappa shape index (κ3) is 3.09. The van der Waals surface area contributed by atoms with Crippen LogP contribution in [-0.4, -0.2) is 33.8 Å². The van der Waals surface area contributed by atoms with Gasteiger partial charge in [0.25, 0.3) is 0 Å². The molecule has 0 N–H and O–H groups in total. The second-order valence-corrected chi connectivity index (χ2v) is 5.96. The molecule has 2 rings (SSSR count). The van der Waals surface area contributed by atoms with E-state index in [0.29, 0.717) is 18.0 Å². The van der Waals surface area contributed by atoms with Gasteiger partial charge in [-0.05, 0) is 38.2 Å². The van der Waals surface area contributed by atoms with Gasteiger partial charge >= 0.3 is 0 Å². The van der Waals surface area contributed by atoms with E-state index in [2.05, 4.69) is 48.6 Å². The molecule has 1 aliphatic rings. The van der Waals surface area contributed by atoms with Crippen molar-refractivity contribution >= 4 is 0 Å². The normalized spacial score (nSPS) is 21.9. The molecule has 0 aliphatic carbocycles. The highest BCUT2D eigenvalue weighted by Crippen LogP contribution is 2.23. The van der Waals surface area contributed by atoms with Gasteiger partial charge in [0.05, 0.1) is 12.2 Å². The van der Waals surface area contributed by atoms with E-state index in [0.717, 1.165) is 13.0 Å². The van der Waals surface area contributed by atoms with Crippen LogP contribution in [0.15, 0.2) is 12.4 Å². The molecule has 0 saturated carbocycles. The zero-order valence-corrected chi connectivity index (χ0v) is 11.6. The van der Waals surface area contributed by atoms with E-state index in [1.807, 2.05) is 6.20 Å². The van der Waals surface area contributed by atoms with Gasteiger partial charge in [0.15, 0.2) is 0 Å². The van der Waals surface area contributed by atoms with E-state index in [-0.39, 0.29) is 0 Å². The lowest BCUT2D eigenvalue weighted by Gasteiger charge is -2.20. The first-order valence-corrected chi connectivity index (χ1v) is 6.83. The molecular weight excluding hydrogens is 210 g/mol. The summed E-state index contributed by atoms with van der Waals surface area (Å²) in [5, 5.41) is 4.54. The molecule has 1 aliphatic heterocycles. The lowest BCUT2D eigenvalue weighted by atomic mass is 10.1. The lowest BCUT2D eigenvalue weighted by Crippen LogP contribution is -2.28. The van der Waals surface area contributed by atoms with E-state index < -0.39 is 0 Å². The van der Waals surface area contributed by atoms with Crippen LogP contribution >= 0.6 is 0 Å². The van der Waals surface area contributed by atoms with Crippen molar-refractivity contribution in [2.24, 2.45) is 5.92 Å². The Morgan fingerprint density at radius 1 is 1.35 bits per heavy atom. The Hall–Kier alpha value is -0.830. The molecule has 0 radical (unpaired) electrons. The molecule has 1 fully saturated rings. The van der Waals surface area contributed by atoms with Gasteiger partial charge in [-0.25, -0.2) is 0 Å². The van der Waals surface area contributed by atoms with Crippen molar-refractivity contribution in [2.75, 3.05) is 13.1 Å². The van der Waals surface area contributed by atoms with Gasteiger partial charge < -0.3 is 0 Å². The molecule has 0 bridgehead atoms. The summed E-state index contributed by atoms with van der Waals surface area (Å²) in [5.74, 6) is 0.711. The van der Waals surface area contributed by atoms with Gasteiger partial charge in [0, 0.05) is 25.3 Å². The maximum absolute atomic E-state index is 4.54. The highest BCUT2D eigenvalue weighted by Gasteiger charge is 2.25. The van der Waals surface area contributed by atoms with Crippen LogP contribution in [0.4, 0.5) is 0 Å². The molecule has 1 aromatic rings. The van der Waals surface area contributed by atoms with Gasteiger partial charge in [-0.3, -0.25) is 9.58 Å². The number of aromatic nitrogens is 2. The third-order valence-electron chi connectivity index (χ3n) is 3.60. The fraction of sp³-hybridized carbons (Fsp3) is 0.786. The van der Waals surface area contributed by atoms with Crippen LogP contribution in [0.1, 0.15) is 45.7 Å². The zero-order valence-electron chi connectivity index (χ0n) is 11.6. The molecule has 2 heterocycles. The number of rotatable bonds is 4. The molecule has 0 unspecified atom stereocenters. The van der Waals surface area contributed by atoms with Gasteiger partial charge in [-0.2, -0.15) is 5.10 Å². The number of hydrogen-bond acceptors (Lipinski definition) is 2. The summed E-state index contributed by atoms with van der Waals surface area (Å²) >= 11 is 0. The van der Waals surface area contributed by atoms with E-state index in [4.69, 9.17) is 0 Å². The SMILES string of the molecule is CC(C)Cc1cnn([C@H]2CCN(C(C)C)C2)c1. The van der Waals surface area contributed by atoms with Gasteiger partial charge in [0.2, 0.25) is 0 Å². The van der Waals surface area contributed by atoms with Gasteiger partial charge in [-0.15, -0.1) is 0 Å². The monoisotopic (exact) mass is 235 g/mol. The zero-order chi connectivity index (χ0) is 12.4. The van der Waals surface area contributed by atoms with Crippen molar-refractivity contribution in [3.8, 4) is 0 Å². The summed E-state index contributed by atoms with van der Waals surface area (Å²) in [7, 11) is 0. The summed E-state index contributed by atoms with van der Waals surface area (Å²) < 4.78 is 2.18. The average molecular weight is 235 g/mol. The van der Waals surface area contributed by atoms with Crippen LogP contribution in [0, 0.1) is 5.92 Å². The molecule has 1 aromatic heterocycles. The largest absolute Gasteiger partial charge is 0.299 e. The quantitative estimate of drug-likeness (QED) is 0.800. The first-order valence-electron chi connectivity index (χ1n) is 6.83. The number of nitrogens with zero attached hydrogens (tertiary/aromatic N) is 3. The Labute approximate surface area is 105 Å². The van der Waals surface area contributed by atoms with Crippen LogP contribution in [0.5, 0.6) is 0 Å². The van der Waals surface area contributed by atoms with Crippen LogP contribution in [0.3, 0.4) is 0 Å². The molecular formula is C14H25N3. The Bertz CT molecular complexity index is 354. The van der Waals surface area contributed by atoms with Crippen LogP contribution in [-0.2, 0) is 6.42 Å². The molecule has 96 valence electrons. The van der Waals surface area contributed by atoms with Crippen molar-refractivity contribution in [3.63, 3.8) is 0 Å². The van der Waals surface area contributed by atoms with Crippen molar-refractivity contribution in [1.82, 2.24) is 14.7 Å². The van der Waals surface area contributed by atoms with Crippen molar-refractivity contribution in [2.45, 2.75) is 52.6 Å². The topological polar surface area (TPSA) is 21.1 Å². The molecule has 1 atom stereocenters. The molecule has 1 saturated heterocycles. The van der Waals surface area contributed by atoms with E-state index in [1.54, 1.807) is 0 Å². The van der Waals surface area contributed by atoms with Crippen molar-refractivity contribution in [3.05, 3.63) is 18.0 Å². The molecule has 0 aromatic carbocycles. The summed E-state index contributed by atoms with van der Waals surface area (Å²) in [5.41, 5.74) is 1.38. The molecule has 0 amide bonds. The van der Waals surface area contributed by atoms with E-state index in [1.165, 1.54) is 18.5 Å². The fourth-order valence-electron chi connectivity index (χ4n) is 2.61. The van der Waals surface area contributed by atoms with E-state index in [9.17, 15) is 0 Å². The average Bonchev–Trinajstić information content (AvgIpc) is 2.83. The molecule has 3 heteroatoms. The van der Waals surface area contributed by atoms with Crippen molar-refractivity contribution < 1.29 is 0 Å². The summed E-state index contributed by atoms with van der Waals surface area (Å²) in [6.45, 7) is 11.4. The number of likely N-dealkylation sites (tertiary alicyclic amines) is 1. The first-order chi connectivity index (χ1) is 8.06. The van der Waals surface area contributed by atoms with Crippen molar-refractivity contribution in [1.29, 1.82) is 0 Å². The van der Waals surface area contributed by atoms with E-state index >= 15 is 0 Å². The first kappa shape index (κ1) is 12.6. The standard InChI is InChI=1S/C14H25N3/c1-11(2)7-13-8-15-17(9-13)14-5-6-16(10-14)12(3)4/h8-9,11-12,14H,5-7,10H2,1-4H3/t14-/m0/s1. The summed E-state index contributed by atoms with van der Waals surface area (Å²) in [4.78, 5) is 2.54. The molecule has 0 spiro atoms. The smallest absolute Gasteiger partial charge is 0.0658 e. The second kappa shape index (κ2) is 5.21. The Morgan fingerprint density at radius 3 is 2.71 bits per heavy atom. The maximum atomic E-state index is 4.54. The second-order valence-electron chi connectivity index (χ2n) is 5.96. The Balaban J connectivity index is 1.97.